The zero-order chi connectivity index (χ0) is 28.2. The molecule has 9 nitrogen and oxygen atoms in total. The normalized spacial score (nSPS) is 10.7. The van der Waals surface area contributed by atoms with Crippen LogP contribution < -0.4 is 20.1 Å². The van der Waals surface area contributed by atoms with Gasteiger partial charge >= 0.3 is 0 Å². The molecule has 0 aliphatic heterocycles. The van der Waals surface area contributed by atoms with Gasteiger partial charge in [-0.2, -0.15) is 0 Å². The molecule has 0 unspecified atom stereocenters. The van der Waals surface area contributed by atoms with E-state index in [1.807, 2.05) is 61.0 Å². The molecule has 5 aromatic rings. The fourth-order valence-electron chi connectivity index (χ4n) is 4.01. The highest BCUT2D eigenvalue weighted by Gasteiger charge is 2.16. The summed E-state index contributed by atoms with van der Waals surface area (Å²) in [6, 6.07) is 16.3. The number of hydrogen-bond acceptors (Lipinski definition) is 9. The number of nitrogens with zero attached hydrogens (tertiary/aromatic N) is 3. The Bertz CT molecular complexity index is 1590. The molecule has 5 rings (SSSR count). The van der Waals surface area contributed by atoms with Crippen LogP contribution in [0.4, 0.5) is 10.3 Å². The molecule has 2 amide bonds. The van der Waals surface area contributed by atoms with E-state index >= 15 is 0 Å². The summed E-state index contributed by atoms with van der Waals surface area (Å²) in [6.45, 7) is 3.92. The Morgan fingerprint density at radius 2 is 1.12 bits per heavy atom. The molecule has 11 heteroatoms. The molecule has 0 saturated carbocycles. The van der Waals surface area contributed by atoms with E-state index in [1.54, 1.807) is 32.4 Å². The van der Waals surface area contributed by atoms with Crippen LogP contribution in [0, 0.1) is 13.8 Å². The van der Waals surface area contributed by atoms with Crippen LogP contribution >= 0.6 is 22.7 Å². The molecule has 2 N–H and O–H groups in total. The zero-order valence-electron chi connectivity index (χ0n) is 22.1. The lowest BCUT2D eigenvalue weighted by Crippen LogP contribution is -2.18. The van der Waals surface area contributed by atoms with Gasteiger partial charge in [0.15, 0.2) is 10.3 Å². The summed E-state index contributed by atoms with van der Waals surface area (Å²) >= 11 is 2.61. The van der Waals surface area contributed by atoms with E-state index in [0.717, 1.165) is 45.1 Å². The van der Waals surface area contributed by atoms with E-state index in [9.17, 15) is 9.59 Å². The summed E-state index contributed by atoms with van der Waals surface area (Å²) in [7, 11) is 3.26. The number of aromatic nitrogens is 3. The smallest absolute Gasteiger partial charge is 0.276 e. The Labute approximate surface area is 238 Å². The number of amides is 2. The molecule has 0 spiro atoms. The molecule has 0 aliphatic carbocycles. The Morgan fingerprint density at radius 3 is 1.52 bits per heavy atom. The van der Waals surface area contributed by atoms with Gasteiger partial charge in [-0.3, -0.25) is 20.2 Å². The number of pyridine rings is 1. The van der Waals surface area contributed by atoms with E-state index in [0.29, 0.717) is 10.3 Å². The molecule has 3 aromatic heterocycles. The summed E-state index contributed by atoms with van der Waals surface area (Å²) in [6.07, 6.45) is 0. The van der Waals surface area contributed by atoms with Crippen molar-refractivity contribution < 1.29 is 19.1 Å². The average molecular weight is 572 g/mol. The largest absolute Gasteiger partial charge is 0.496 e. The standard InChI is InChI=1S/C29H25N5O4S2/c1-16-12-18(8-10-24(16)37-3)22-14-39-28(31-22)33-26(35)20-6-5-7-21(30-20)27(36)34-29-32-23(15-40-29)19-9-11-25(38-4)17(2)13-19/h5-15H,1-4H3,(H,31,33,35)(H,32,34,36). The highest BCUT2D eigenvalue weighted by atomic mass is 32.1. The van der Waals surface area contributed by atoms with Crippen LogP contribution in [-0.4, -0.2) is 41.0 Å². The lowest BCUT2D eigenvalue weighted by molar-refractivity contribution is 0.101. The highest BCUT2D eigenvalue weighted by Crippen LogP contribution is 2.30. The minimum Gasteiger partial charge on any atom is -0.496 e. The van der Waals surface area contributed by atoms with E-state index in [4.69, 9.17) is 9.47 Å². The second kappa shape index (κ2) is 11.6. The van der Waals surface area contributed by atoms with E-state index in [2.05, 4.69) is 25.6 Å². The van der Waals surface area contributed by atoms with Crippen LogP contribution in [-0.2, 0) is 0 Å². The van der Waals surface area contributed by atoms with E-state index in [1.165, 1.54) is 22.7 Å². The summed E-state index contributed by atoms with van der Waals surface area (Å²) in [4.78, 5) is 39.1. The lowest BCUT2D eigenvalue weighted by atomic mass is 10.1. The number of ether oxygens (including phenoxy) is 2. The predicted molar refractivity (Wildman–Crippen MR) is 158 cm³/mol. The second-order valence-electron chi connectivity index (χ2n) is 8.76. The van der Waals surface area contributed by atoms with Gasteiger partial charge in [-0.25, -0.2) is 15.0 Å². The minimum atomic E-state index is -0.465. The maximum atomic E-state index is 12.9. The number of anilines is 2. The number of carbonyl (C=O) groups is 2. The quantitative estimate of drug-likeness (QED) is 0.219. The first-order valence-corrected chi connectivity index (χ1v) is 13.9. The summed E-state index contributed by atoms with van der Waals surface area (Å²) in [5.74, 6) is 0.663. The number of aryl methyl sites for hydroxylation is 2. The number of carbonyl (C=O) groups excluding carboxylic acids is 2. The molecule has 0 atom stereocenters. The number of thiazole rings is 2. The molecule has 3 heterocycles. The van der Waals surface area contributed by atoms with Gasteiger partial charge in [-0.15, -0.1) is 22.7 Å². The minimum absolute atomic E-state index is 0.0956. The highest BCUT2D eigenvalue weighted by molar-refractivity contribution is 7.14. The molecule has 0 saturated heterocycles. The number of nitrogens with one attached hydrogen (secondary N) is 2. The van der Waals surface area contributed by atoms with Crippen LogP contribution in [0.5, 0.6) is 11.5 Å². The van der Waals surface area contributed by atoms with Crippen molar-refractivity contribution in [2.24, 2.45) is 0 Å². The predicted octanol–water partition coefficient (Wildman–Crippen LogP) is 6.47. The van der Waals surface area contributed by atoms with Crippen LogP contribution in [0.1, 0.15) is 32.1 Å². The first-order valence-electron chi connectivity index (χ1n) is 12.2. The SMILES string of the molecule is COc1ccc(-c2csc(NC(=O)c3cccc(C(=O)Nc4nc(-c5ccc(OC)c(C)c5)cs4)n3)n2)cc1C. The molecule has 0 bridgehead atoms. The van der Waals surface area contributed by atoms with Gasteiger partial charge in [-0.05, 0) is 73.5 Å². The first-order chi connectivity index (χ1) is 19.3. The molecular formula is C29H25N5O4S2. The molecule has 2 aromatic carbocycles. The van der Waals surface area contributed by atoms with E-state index < -0.39 is 11.8 Å². The van der Waals surface area contributed by atoms with Crippen LogP contribution in [0.15, 0.2) is 65.4 Å². The van der Waals surface area contributed by atoms with Gasteiger partial charge in [0.05, 0.1) is 25.6 Å². The third-order valence-corrected chi connectivity index (χ3v) is 7.56. The third kappa shape index (κ3) is 5.85. The summed E-state index contributed by atoms with van der Waals surface area (Å²) in [5, 5.41) is 10.1. The molecular weight excluding hydrogens is 546 g/mol. The number of methoxy groups -OCH3 is 2. The van der Waals surface area contributed by atoms with Crippen LogP contribution in [0.3, 0.4) is 0 Å². The van der Waals surface area contributed by atoms with Gasteiger partial charge < -0.3 is 9.47 Å². The topological polar surface area (TPSA) is 115 Å². The Balaban J connectivity index is 1.25. The fraction of sp³-hybridized carbons (Fsp3) is 0.138. The van der Waals surface area contributed by atoms with Crippen LogP contribution in [0.2, 0.25) is 0 Å². The zero-order valence-corrected chi connectivity index (χ0v) is 23.8. The monoisotopic (exact) mass is 571 g/mol. The van der Waals surface area contributed by atoms with Gasteiger partial charge in [0.25, 0.3) is 11.8 Å². The molecule has 0 fully saturated rings. The van der Waals surface area contributed by atoms with Crippen molar-refractivity contribution >= 4 is 44.8 Å². The number of benzene rings is 2. The average Bonchev–Trinajstić information content (AvgIpc) is 3.63. The second-order valence-corrected chi connectivity index (χ2v) is 10.5. The summed E-state index contributed by atoms with van der Waals surface area (Å²) in [5.41, 5.74) is 5.47. The van der Waals surface area contributed by atoms with Gasteiger partial charge in [0, 0.05) is 21.9 Å². The lowest BCUT2D eigenvalue weighted by Gasteiger charge is -2.06. The van der Waals surface area contributed by atoms with Crippen molar-refractivity contribution in [2.75, 3.05) is 24.9 Å². The van der Waals surface area contributed by atoms with Crippen molar-refractivity contribution in [1.29, 1.82) is 0 Å². The van der Waals surface area contributed by atoms with Crippen molar-refractivity contribution in [2.45, 2.75) is 13.8 Å². The van der Waals surface area contributed by atoms with Crippen molar-refractivity contribution in [3.63, 3.8) is 0 Å². The molecule has 0 aliphatic rings. The molecule has 40 heavy (non-hydrogen) atoms. The third-order valence-electron chi connectivity index (χ3n) is 6.04. The number of hydrogen-bond donors (Lipinski definition) is 2. The van der Waals surface area contributed by atoms with E-state index in [-0.39, 0.29) is 11.4 Å². The maximum Gasteiger partial charge on any atom is 0.276 e. The Morgan fingerprint density at radius 1 is 0.675 bits per heavy atom. The van der Waals surface area contributed by atoms with Crippen molar-refractivity contribution in [3.05, 3.63) is 87.9 Å². The Kier molecular flexibility index (Phi) is 7.85. The molecule has 0 radical (unpaired) electrons. The maximum absolute atomic E-state index is 12.9. The number of rotatable bonds is 8. The summed E-state index contributed by atoms with van der Waals surface area (Å²) < 4.78 is 10.6. The van der Waals surface area contributed by atoms with Gasteiger partial charge in [0.2, 0.25) is 0 Å². The Hall–Kier alpha value is -4.61. The molecule has 202 valence electrons. The first kappa shape index (κ1) is 27.0. The van der Waals surface area contributed by atoms with Crippen molar-refractivity contribution in [1.82, 2.24) is 15.0 Å². The van der Waals surface area contributed by atoms with Gasteiger partial charge in [0.1, 0.15) is 22.9 Å². The fourth-order valence-corrected chi connectivity index (χ4v) is 5.44. The van der Waals surface area contributed by atoms with Crippen molar-refractivity contribution in [3.8, 4) is 34.0 Å². The van der Waals surface area contributed by atoms with Crippen LogP contribution in [0.25, 0.3) is 22.5 Å². The van der Waals surface area contributed by atoms with Gasteiger partial charge in [-0.1, -0.05) is 6.07 Å².